The highest BCUT2D eigenvalue weighted by Gasteiger charge is 2.20. The van der Waals surface area contributed by atoms with Crippen molar-refractivity contribution < 1.29 is 23.7 Å². The Morgan fingerprint density at radius 2 is 1.66 bits per heavy atom. The smallest absolute Gasteiger partial charge is 0.241 e. The van der Waals surface area contributed by atoms with E-state index < -0.39 is 6.04 Å². The van der Waals surface area contributed by atoms with Gasteiger partial charge in [0.2, 0.25) is 11.7 Å². The molecule has 13 heteroatoms. The molecule has 1 aromatic heterocycles. The number of amides is 1. The van der Waals surface area contributed by atoms with Gasteiger partial charge >= 0.3 is 0 Å². The lowest BCUT2D eigenvalue weighted by Crippen LogP contribution is -2.35. The quantitative estimate of drug-likeness (QED) is 0.146. The Labute approximate surface area is 231 Å². The van der Waals surface area contributed by atoms with Crippen LogP contribution in [0.25, 0.3) is 22.4 Å². The highest BCUT2D eigenvalue weighted by molar-refractivity contribution is 7.04. The van der Waals surface area contributed by atoms with E-state index in [2.05, 4.69) is 14.7 Å². The third-order valence-corrected chi connectivity index (χ3v) is 6.21. The summed E-state index contributed by atoms with van der Waals surface area (Å²) in [4.78, 5) is 16.7. The number of ether oxygens (including phenoxy) is 4. The van der Waals surface area contributed by atoms with Crippen molar-refractivity contribution >= 4 is 41.5 Å². The first-order chi connectivity index (χ1) is 17.8. The number of halogens is 1. The first-order valence-corrected chi connectivity index (χ1v) is 12.2. The molecular weight excluding hydrogens is 532 g/mol. The summed E-state index contributed by atoms with van der Waals surface area (Å²) in [6, 6.07) is 8.45. The fraction of sp³-hybridized carbons (Fsp3) is 0.320. The van der Waals surface area contributed by atoms with Gasteiger partial charge < -0.3 is 41.5 Å². The molecule has 11 nitrogen and oxygen atoms in total. The van der Waals surface area contributed by atoms with Crippen LogP contribution in [0.4, 0.5) is 5.69 Å². The predicted molar refractivity (Wildman–Crippen MR) is 153 cm³/mol. The van der Waals surface area contributed by atoms with E-state index in [4.69, 9.17) is 36.1 Å². The molecule has 206 valence electrons. The van der Waals surface area contributed by atoms with Gasteiger partial charge in [-0.25, -0.2) is 0 Å². The molecule has 1 amide bonds. The van der Waals surface area contributed by atoms with E-state index in [1.807, 2.05) is 29.6 Å². The molecule has 38 heavy (non-hydrogen) atoms. The van der Waals surface area contributed by atoms with E-state index in [1.54, 1.807) is 27.4 Å². The van der Waals surface area contributed by atoms with Crippen molar-refractivity contribution in [2.45, 2.75) is 18.9 Å². The van der Waals surface area contributed by atoms with Gasteiger partial charge in [-0.3, -0.25) is 9.79 Å². The summed E-state index contributed by atoms with van der Waals surface area (Å²) in [5.41, 5.74) is 20.4. The summed E-state index contributed by atoms with van der Waals surface area (Å²) in [5.74, 6) is 1.71. The van der Waals surface area contributed by atoms with E-state index in [-0.39, 0.29) is 24.3 Å². The van der Waals surface area contributed by atoms with Gasteiger partial charge in [-0.1, -0.05) is 6.07 Å². The lowest BCUT2D eigenvalue weighted by atomic mass is 10.0. The molecule has 0 spiro atoms. The van der Waals surface area contributed by atoms with Crippen molar-refractivity contribution in [3.05, 3.63) is 35.7 Å². The normalized spacial score (nSPS) is 11.1. The van der Waals surface area contributed by atoms with Crippen molar-refractivity contribution in [2.24, 2.45) is 22.2 Å². The van der Waals surface area contributed by atoms with Crippen LogP contribution in [0.1, 0.15) is 12.8 Å². The number of nitrogens with zero attached hydrogens (tertiary/aromatic N) is 2. The second-order valence-corrected chi connectivity index (χ2v) is 8.58. The first kappa shape index (κ1) is 30.5. The van der Waals surface area contributed by atoms with Crippen molar-refractivity contribution in [3.63, 3.8) is 0 Å². The number of carbonyl (C=O) groups excluding carboxylic acids is 1. The molecule has 0 bridgehead atoms. The number of nitrogens with two attached hydrogens (primary N) is 3. The largest absolute Gasteiger partial charge is 0.495 e. The van der Waals surface area contributed by atoms with Gasteiger partial charge in [0.25, 0.3) is 0 Å². The van der Waals surface area contributed by atoms with Crippen LogP contribution in [0.15, 0.2) is 40.7 Å². The monoisotopic (exact) mass is 564 g/mol. The number of carbonyl (C=O) groups is 1. The molecule has 1 unspecified atom stereocenters. The molecular formula is C25H33ClN6O5S. The number of aliphatic imine (C=N–C) groups is 1. The maximum Gasteiger partial charge on any atom is 0.241 e. The zero-order valence-corrected chi connectivity index (χ0v) is 23.3. The predicted octanol–water partition coefficient (Wildman–Crippen LogP) is 3.25. The molecule has 3 rings (SSSR count). The van der Waals surface area contributed by atoms with Crippen LogP contribution in [0.5, 0.6) is 23.0 Å². The standard InChI is InChI=1S/C25H32N6O5S.ClH/c1-33-19-8-7-14(10-18(19)30-24(32)17(26)6-5-9-29-25(27)28)16-13-37-31-22(16)15-11-20(34-2)23(36-4)21(12-15)35-3;/h7-8,10-13,17H,5-6,9,26H2,1-4H3,(H,30,32)(H4,27,28,29);1H. The Hall–Kier alpha value is -3.74. The molecule has 2 aromatic carbocycles. The first-order valence-electron chi connectivity index (χ1n) is 11.4. The zero-order chi connectivity index (χ0) is 26.9. The van der Waals surface area contributed by atoms with Crippen LogP contribution < -0.4 is 41.5 Å². The van der Waals surface area contributed by atoms with Crippen LogP contribution >= 0.6 is 23.9 Å². The van der Waals surface area contributed by atoms with E-state index >= 15 is 0 Å². The molecule has 0 saturated heterocycles. The van der Waals surface area contributed by atoms with E-state index in [0.717, 1.165) is 22.4 Å². The maximum absolute atomic E-state index is 12.8. The molecule has 7 N–H and O–H groups in total. The Morgan fingerprint density at radius 1 is 1.00 bits per heavy atom. The Kier molecular flexibility index (Phi) is 11.4. The van der Waals surface area contributed by atoms with Crippen molar-refractivity contribution in [3.8, 4) is 45.4 Å². The second kappa shape index (κ2) is 14.3. The number of methoxy groups -OCH3 is 4. The van der Waals surface area contributed by atoms with Gasteiger partial charge in [-0.05, 0) is 54.2 Å². The Morgan fingerprint density at radius 3 is 2.24 bits per heavy atom. The summed E-state index contributed by atoms with van der Waals surface area (Å²) in [6.45, 7) is 0.400. The summed E-state index contributed by atoms with van der Waals surface area (Å²) in [7, 11) is 6.21. The van der Waals surface area contributed by atoms with Gasteiger partial charge in [0, 0.05) is 23.1 Å². The SMILES string of the molecule is COc1ccc(-c2csnc2-c2cc(OC)c(OC)c(OC)c2)cc1NC(=O)C(N)CCCN=C(N)N.Cl. The van der Waals surface area contributed by atoms with Gasteiger partial charge in [-0.15, -0.1) is 12.4 Å². The second-order valence-electron chi connectivity index (χ2n) is 7.95. The van der Waals surface area contributed by atoms with Gasteiger partial charge in [-0.2, -0.15) is 4.37 Å². The number of benzene rings is 2. The number of rotatable bonds is 12. The fourth-order valence-corrected chi connectivity index (χ4v) is 4.43. The average Bonchev–Trinajstić information content (AvgIpc) is 3.40. The summed E-state index contributed by atoms with van der Waals surface area (Å²) in [6.07, 6.45) is 0.993. The summed E-state index contributed by atoms with van der Waals surface area (Å²) in [5, 5.41) is 4.81. The average molecular weight is 565 g/mol. The minimum absolute atomic E-state index is 0. The molecule has 0 radical (unpaired) electrons. The Bertz CT molecular complexity index is 1240. The summed E-state index contributed by atoms with van der Waals surface area (Å²) < 4.78 is 26.5. The molecule has 0 saturated carbocycles. The van der Waals surface area contributed by atoms with Crippen LogP contribution in [-0.2, 0) is 4.79 Å². The van der Waals surface area contributed by atoms with Crippen LogP contribution in [0.2, 0.25) is 0 Å². The van der Waals surface area contributed by atoms with E-state index in [9.17, 15) is 4.79 Å². The number of guanidine groups is 1. The minimum Gasteiger partial charge on any atom is -0.495 e. The highest BCUT2D eigenvalue weighted by Crippen LogP contribution is 2.44. The van der Waals surface area contributed by atoms with Gasteiger partial charge in [0.15, 0.2) is 17.5 Å². The molecule has 0 fully saturated rings. The number of nitrogens with one attached hydrogen (secondary N) is 1. The summed E-state index contributed by atoms with van der Waals surface area (Å²) >= 11 is 1.31. The van der Waals surface area contributed by atoms with E-state index in [0.29, 0.717) is 48.1 Å². The van der Waals surface area contributed by atoms with Crippen molar-refractivity contribution in [1.29, 1.82) is 0 Å². The van der Waals surface area contributed by atoms with Crippen molar-refractivity contribution in [1.82, 2.24) is 4.37 Å². The Balaban J connectivity index is 0.00000507. The molecule has 1 heterocycles. The highest BCUT2D eigenvalue weighted by atomic mass is 35.5. The number of aromatic nitrogens is 1. The third-order valence-electron chi connectivity index (χ3n) is 5.58. The lowest BCUT2D eigenvalue weighted by molar-refractivity contribution is -0.117. The van der Waals surface area contributed by atoms with Crippen molar-refractivity contribution in [2.75, 3.05) is 40.3 Å². The molecule has 1 atom stereocenters. The van der Waals surface area contributed by atoms with Gasteiger partial charge in [0.1, 0.15) is 5.75 Å². The zero-order valence-electron chi connectivity index (χ0n) is 21.6. The van der Waals surface area contributed by atoms with Gasteiger partial charge in [0.05, 0.1) is 45.9 Å². The number of hydrogen-bond acceptors (Lipinski definition) is 9. The lowest BCUT2D eigenvalue weighted by Gasteiger charge is -2.16. The van der Waals surface area contributed by atoms with E-state index in [1.165, 1.54) is 18.6 Å². The minimum atomic E-state index is -0.736. The molecule has 0 aliphatic heterocycles. The van der Waals surface area contributed by atoms with Crippen LogP contribution in [0, 0.1) is 0 Å². The molecule has 0 aliphatic rings. The number of anilines is 1. The van der Waals surface area contributed by atoms with Crippen LogP contribution in [-0.4, -0.2) is 57.3 Å². The molecule has 0 aliphatic carbocycles. The number of hydrogen-bond donors (Lipinski definition) is 4. The topological polar surface area (TPSA) is 169 Å². The molecule has 3 aromatic rings. The maximum atomic E-state index is 12.8. The third kappa shape index (κ3) is 7.18. The fourth-order valence-electron chi connectivity index (χ4n) is 3.72. The van der Waals surface area contributed by atoms with Crippen LogP contribution in [0.3, 0.4) is 0 Å².